The van der Waals surface area contributed by atoms with Gasteiger partial charge in [0.15, 0.2) is 17.5 Å². The molecule has 1 aromatic carbocycles. The van der Waals surface area contributed by atoms with Crippen molar-refractivity contribution in [2.45, 2.75) is 44.6 Å². The third kappa shape index (κ3) is 2.86. The van der Waals surface area contributed by atoms with Gasteiger partial charge in [-0.25, -0.2) is 13.2 Å². The number of halogens is 3. The molecule has 4 heteroatoms. The molecule has 100 valence electrons. The summed E-state index contributed by atoms with van der Waals surface area (Å²) < 4.78 is 39.8. The second-order valence-electron chi connectivity index (χ2n) is 5.59. The SMILES string of the molecule is CC(C)(CCNC1CC1)c1ccc(F)c(F)c1F. The summed E-state index contributed by atoms with van der Waals surface area (Å²) in [5.74, 6) is -3.58. The van der Waals surface area contributed by atoms with Gasteiger partial charge in [0.1, 0.15) is 0 Å². The van der Waals surface area contributed by atoms with E-state index in [2.05, 4.69) is 5.32 Å². The van der Waals surface area contributed by atoms with Gasteiger partial charge in [0, 0.05) is 6.04 Å². The molecule has 0 heterocycles. The molecule has 0 saturated heterocycles. The average Bonchev–Trinajstić information content (AvgIpc) is 3.09. The van der Waals surface area contributed by atoms with Crippen molar-refractivity contribution in [2.24, 2.45) is 0 Å². The molecular weight excluding hydrogens is 239 g/mol. The Hall–Kier alpha value is -1.03. The van der Waals surface area contributed by atoms with Crippen molar-refractivity contribution in [1.29, 1.82) is 0 Å². The first kappa shape index (κ1) is 13.4. The van der Waals surface area contributed by atoms with Crippen molar-refractivity contribution in [1.82, 2.24) is 5.32 Å². The van der Waals surface area contributed by atoms with Crippen molar-refractivity contribution >= 4 is 0 Å². The Labute approximate surface area is 105 Å². The molecule has 1 nitrogen and oxygen atoms in total. The predicted octanol–water partition coefficient (Wildman–Crippen LogP) is 3.52. The van der Waals surface area contributed by atoms with Crippen LogP contribution >= 0.6 is 0 Å². The molecule has 1 aromatic rings. The highest BCUT2D eigenvalue weighted by molar-refractivity contribution is 5.27. The lowest BCUT2D eigenvalue weighted by Crippen LogP contribution is -2.27. The maximum atomic E-state index is 13.7. The summed E-state index contributed by atoms with van der Waals surface area (Å²) >= 11 is 0. The van der Waals surface area contributed by atoms with Gasteiger partial charge in [-0.2, -0.15) is 0 Å². The monoisotopic (exact) mass is 257 g/mol. The average molecular weight is 257 g/mol. The van der Waals surface area contributed by atoms with Crippen LogP contribution in [0.2, 0.25) is 0 Å². The first-order chi connectivity index (χ1) is 8.42. The molecule has 18 heavy (non-hydrogen) atoms. The molecule has 0 aliphatic heterocycles. The van der Waals surface area contributed by atoms with Gasteiger partial charge in [-0.05, 0) is 42.9 Å². The molecule has 0 unspecified atom stereocenters. The molecule has 0 amide bonds. The van der Waals surface area contributed by atoms with Crippen LogP contribution in [0.5, 0.6) is 0 Å². The predicted molar refractivity (Wildman–Crippen MR) is 65.0 cm³/mol. The lowest BCUT2D eigenvalue weighted by molar-refractivity contribution is 0.397. The Kier molecular flexibility index (Phi) is 3.66. The van der Waals surface area contributed by atoms with Crippen molar-refractivity contribution in [3.05, 3.63) is 35.1 Å². The van der Waals surface area contributed by atoms with Gasteiger partial charge in [-0.3, -0.25) is 0 Å². The van der Waals surface area contributed by atoms with E-state index < -0.39 is 22.9 Å². The second kappa shape index (κ2) is 4.92. The second-order valence-corrected chi connectivity index (χ2v) is 5.59. The first-order valence-electron chi connectivity index (χ1n) is 6.29. The van der Waals surface area contributed by atoms with E-state index in [1.165, 1.54) is 18.9 Å². The summed E-state index contributed by atoms with van der Waals surface area (Å²) in [6, 6.07) is 2.92. The van der Waals surface area contributed by atoms with Crippen molar-refractivity contribution in [2.75, 3.05) is 6.54 Å². The van der Waals surface area contributed by atoms with Crippen LogP contribution in [-0.2, 0) is 5.41 Å². The van der Waals surface area contributed by atoms with Crippen molar-refractivity contribution in [3.8, 4) is 0 Å². The lowest BCUT2D eigenvalue weighted by Gasteiger charge is -2.26. The highest BCUT2D eigenvalue weighted by Gasteiger charge is 2.28. The smallest absolute Gasteiger partial charge is 0.194 e. The van der Waals surface area contributed by atoms with Gasteiger partial charge in [-0.15, -0.1) is 0 Å². The fraction of sp³-hybridized carbons (Fsp3) is 0.571. The molecule has 1 aliphatic rings. The largest absolute Gasteiger partial charge is 0.314 e. The minimum Gasteiger partial charge on any atom is -0.314 e. The van der Waals surface area contributed by atoms with Gasteiger partial charge >= 0.3 is 0 Å². The summed E-state index contributed by atoms with van der Waals surface area (Å²) in [4.78, 5) is 0. The van der Waals surface area contributed by atoms with Crippen molar-refractivity contribution < 1.29 is 13.2 Å². The van der Waals surface area contributed by atoms with Crippen LogP contribution in [0.25, 0.3) is 0 Å². The Morgan fingerprint density at radius 3 is 2.44 bits per heavy atom. The van der Waals surface area contributed by atoms with E-state index in [0.717, 1.165) is 12.6 Å². The topological polar surface area (TPSA) is 12.0 Å². The van der Waals surface area contributed by atoms with E-state index in [0.29, 0.717) is 12.5 Å². The molecule has 0 bridgehead atoms. The minimum absolute atomic E-state index is 0.235. The molecule has 0 spiro atoms. The summed E-state index contributed by atoms with van der Waals surface area (Å²) in [5, 5.41) is 3.34. The third-order valence-electron chi connectivity index (χ3n) is 3.52. The summed E-state index contributed by atoms with van der Waals surface area (Å²) in [7, 11) is 0. The molecule has 1 N–H and O–H groups in total. The number of hydrogen-bond acceptors (Lipinski definition) is 1. The molecule has 1 saturated carbocycles. The molecule has 0 atom stereocenters. The standard InChI is InChI=1S/C14H18F3N/c1-14(2,7-8-18-9-3-4-9)10-5-6-11(15)13(17)12(10)16/h5-6,9,18H,3-4,7-8H2,1-2H3. The summed E-state index contributed by atoms with van der Waals surface area (Å²) in [5.41, 5.74) is -0.278. The molecule has 0 radical (unpaired) electrons. The van der Waals surface area contributed by atoms with E-state index in [1.807, 2.05) is 13.8 Å². The number of benzene rings is 1. The van der Waals surface area contributed by atoms with Crippen LogP contribution in [0.4, 0.5) is 13.2 Å². The van der Waals surface area contributed by atoms with Crippen LogP contribution in [0, 0.1) is 17.5 Å². The molecule has 2 rings (SSSR count). The van der Waals surface area contributed by atoms with Crippen LogP contribution in [0.3, 0.4) is 0 Å². The van der Waals surface area contributed by atoms with Gasteiger partial charge in [0.2, 0.25) is 0 Å². The van der Waals surface area contributed by atoms with Gasteiger partial charge in [0.25, 0.3) is 0 Å². The molecule has 0 aromatic heterocycles. The molecule has 1 fully saturated rings. The summed E-state index contributed by atoms with van der Waals surface area (Å²) in [6.45, 7) is 4.45. The fourth-order valence-corrected chi connectivity index (χ4v) is 2.06. The maximum absolute atomic E-state index is 13.7. The zero-order chi connectivity index (χ0) is 13.3. The summed E-state index contributed by atoms with van der Waals surface area (Å²) in [6.07, 6.45) is 3.07. The first-order valence-corrected chi connectivity index (χ1v) is 6.29. The number of rotatable bonds is 5. The highest BCUT2D eigenvalue weighted by atomic mass is 19.2. The Morgan fingerprint density at radius 1 is 1.17 bits per heavy atom. The van der Waals surface area contributed by atoms with Gasteiger partial charge in [-0.1, -0.05) is 19.9 Å². The minimum atomic E-state index is -1.38. The van der Waals surface area contributed by atoms with Crippen molar-refractivity contribution in [3.63, 3.8) is 0 Å². The third-order valence-corrected chi connectivity index (χ3v) is 3.52. The zero-order valence-corrected chi connectivity index (χ0v) is 10.7. The maximum Gasteiger partial charge on any atom is 0.194 e. The van der Waals surface area contributed by atoms with Gasteiger partial charge < -0.3 is 5.32 Å². The lowest BCUT2D eigenvalue weighted by atomic mass is 9.81. The van der Waals surface area contributed by atoms with Crippen LogP contribution in [0.15, 0.2) is 12.1 Å². The van der Waals surface area contributed by atoms with E-state index in [1.54, 1.807) is 0 Å². The van der Waals surface area contributed by atoms with Crippen LogP contribution in [0.1, 0.15) is 38.7 Å². The number of nitrogens with one attached hydrogen (secondary N) is 1. The molecular formula is C14H18F3N. The Bertz CT molecular complexity index is 439. The van der Waals surface area contributed by atoms with E-state index in [9.17, 15) is 13.2 Å². The van der Waals surface area contributed by atoms with E-state index in [4.69, 9.17) is 0 Å². The van der Waals surface area contributed by atoms with Crippen LogP contribution < -0.4 is 5.32 Å². The van der Waals surface area contributed by atoms with E-state index >= 15 is 0 Å². The quantitative estimate of drug-likeness (QED) is 0.796. The Balaban J connectivity index is 2.09. The van der Waals surface area contributed by atoms with E-state index in [-0.39, 0.29) is 5.56 Å². The van der Waals surface area contributed by atoms with Crippen LogP contribution in [-0.4, -0.2) is 12.6 Å². The Morgan fingerprint density at radius 2 is 1.83 bits per heavy atom. The fourth-order valence-electron chi connectivity index (χ4n) is 2.06. The number of hydrogen-bond donors (Lipinski definition) is 1. The highest BCUT2D eigenvalue weighted by Crippen LogP contribution is 2.31. The van der Waals surface area contributed by atoms with Gasteiger partial charge in [0.05, 0.1) is 0 Å². The normalized spacial score (nSPS) is 16.1. The molecule has 1 aliphatic carbocycles. The zero-order valence-electron chi connectivity index (χ0n) is 10.7.